The fourth-order valence-corrected chi connectivity index (χ4v) is 1.94. The third-order valence-corrected chi connectivity index (χ3v) is 3.75. The van der Waals surface area contributed by atoms with Gasteiger partial charge in [-0.2, -0.15) is 11.8 Å². The van der Waals surface area contributed by atoms with Gasteiger partial charge in [0.1, 0.15) is 0 Å². The molecule has 2 aromatic rings. The molecule has 1 heterocycles. The van der Waals surface area contributed by atoms with Crippen LogP contribution in [0.4, 0.5) is 11.4 Å². The van der Waals surface area contributed by atoms with Crippen molar-refractivity contribution in [1.29, 1.82) is 0 Å². The van der Waals surface area contributed by atoms with Crippen LogP contribution in [-0.4, -0.2) is 23.0 Å². The molecule has 0 fully saturated rings. The monoisotopic (exact) mass is 247 g/mol. The zero-order valence-electron chi connectivity index (χ0n) is 10.1. The lowest BCUT2D eigenvalue weighted by molar-refractivity contribution is 1.01. The highest BCUT2D eigenvalue weighted by Gasteiger charge is 2.05. The highest BCUT2D eigenvalue weighted by molar-refractivity contribution is 7.99. The number of fused-ring (bicyclic) bond motifs is 1. The molecule has 4 heteroatoms. The van der Waals surface area contributed by atoms with E-state index in [0.717, 1.165) is 28.8 Å². The maximum absolute atomic E-state index is 5.91. The summed E-state index contributed by atoms with van der Waals surface area (Å²) in [7, 11) is 0. The minimum absolute atomic E-state index is 0.583. The lowest BCUT2D eigenvalue weighted by Gasteiger charge is -2.13. The van der Waals surface area contributed by atoms with Gasteiger partial charge in [0.2, 0.25) is 0 Å². The Labute approximate surface area is 106 Å². The standard InChI is InChI=1S/C13H17N3S/c1-9(17-2)8-16-12-6-5-11(14)13-10(12)4-3-7-15-13/h3-7,9,16H,8,14H2,1-2H3. The Kier molecular flexibility index (Phi) is 3.74. The molecule has 3 N–H and O–H groups in total. The van der Waals surface area contributed by atoms with Crippen molar-refractivity contribution >= 4 is 34.0 Å². The quantitative estimate of drug-likeness (QED) is 0.816. The zero-order chi connectivity index (χ0) is 12.3. The van der Waals surface area contributed by atoms with Crippen molar-refractivity contribution in [1.82, 2.24) is 4.98 Å². The van der Waals surface area contributed by atoms with E-state index in [2.05, 4.69) is 23.5 Å². The van der Waals surface area contributed by atoms with Gasteiger partial charge in [-0.05, 0) is 30.5 Å². The second-order valence-electron chi connectivity index (χ2n) is 4.03. The molecular weight excluding hydrogens is 230 g/mol. The van der Waals surface area contributed by atoms with Crippen LogP contribution < -0.4 is 11.1 Å². The zero-order valence-corrected chi connectivity index (χ0v) is 10.9. The third kappa shape index (κ3) is 2.64. The molecule has 1 unspecified atom stereocenters. The van der Waals surface area contributed by atoms with Gasteiger partial charge in [0.05, 0.1) is 11.2 Å². The Hall–Kier alpha value is -1.42. The van der Waals surface area contributed by atoms with E-state index in [1.54, 1.807) is 6.20 Å². The van der Waals surface area contributed by atoms with Crippen LogP contribution in [0.5, 0.6) is 0 Å². The van der Waals surface area contributed by atoms with E-state index in [4.69, 9.17) is 5.73 Å². The topological polar surface area (TPSA) is 50.9 Å². The first-order chi connectivity index (χ1) is 8.22. The molecule has 1 atom stereocenters. The van der Waals surface area contributed by atoms with Crippen molar-refractivity contribution in [3.8, 4) is 0 Å². The number of nitrogens with two attached hydrogens (primary N) is 1. The number of nitrogens with zero attached hydrogens (tertiary/aromatic N) is 1. The van der Waals surface area contributed by atoms with Crippen LogP contribution in [0.2, 0.25) is 0 Å². The van der Waals surface area contributed by atoms with Gasteiger partial charge in [-0.25, -0.2) is 0 Å². The van der Waals surface area contributed by atoms with E-state index in [1.807, 2.05) is 36.0 Å². The van der Waals surface area contributed by atoms with Gasteiger partial charge < -0.3 is 11.1 Å². The molecule has 0 bridgehead atoms. The Morgan fingerprint density at radius 2 is 2.24 bits per heavy atom. The molecule has 3 nitrogen and oxygen atoms in total. The second-order valence-corrected chi connectivity index (χ2v) is 5.31. The van der Waals surface area contributed by atoms with E-state index >= 15 is 0 Å². The third-order valence-electron chi connectivity index (χ3n) is 2.78. The number of pyridine rings is 1. The second kappa shape index (κ2) is 5.27. The highest BCUT2D eigenvalue weighted by Crippen LogP contribution is 2.26. The van der Waals surface area contributed by atoms with Crippen molar-refractivity contribution in [2.45, 2.75) is 12.2 Å². The van der Waals surface area contributed by atoms with Gasteiger partial charge in [-0.1, -0.05) is 6.92 Å². The Bertz CT molecular complexity index is 513. The summed E-state index contributed by atoms with van der Waals surface area (Å²) >= 11 is 1.85. The van der Waals surface area contributed by atoms with E-state index < -0.39 is 0 Å². The maximum atomic E-state index is 5.91. The number of nitrogen functional groups attached to an aromatic ring is 1. The van der Waals surface area contributed by atoms with Gasteiger partial charge in [0.25, 0.3) is 0 Å². The Morgan fingerprint density at radius 1 is 1.41 bits per heavy atom. The van der Waals surface area contributed by atoms with Gasteiger partial charge in [-0.15, -0.1) is 0 Å². The average molecular weight is 247 g/mol. The molecule has 1 aromatic heterocycles. The molecule has 90 valence electrons. The first-order valence-corrected chi connectivity index (χ1v) is 6.91. The van der Waals surface area contributed by atoms with E-state index in [0.29, 0.717) is 5.25 Å². The van der Waals surface area contributed by atoms with Crippen molar-refractivity contribution in [2.75, 3.05) is 23.9 Å². The summed E-state index contributed by atoms with van der Waals surface area (Å²) in [6.07, 6.45) is 3.89. The normalized spacial score (nSPS) is 12.6. The average Bonchev–Trinajstić information content (AvgIpc) is 2.38. The minimum Gasteiger partial charge on any atom is -0.397 e. The summed E-state index contributed by atoms with van der Waals surface area (Å²) < 4.78 is 0. The summed E-state index contributed by atoms with van der Waals surface area (Å²) in [5, 5.41) is 5.12. The summed E-state index contributed by atoms with van der Waals surface area (Å²) in [6.45, 7) is 3.14. The van der Waals surface area contributed by atoms with Crippen molar-refractivity contribution in [3.63, 3.8) is 0 Å². The fourth-order valence-electron chi connectivity index (χ4n) is 1.69. The minimum atomic E-state index is 0.583. The molecule has 0 spiro atoms. The number of hydrogen-bond acceptors (Lipinski definition) is 4. The summed E-state index contributed by atoms with van der Waals surface area (Å²) in [6, 6.07) is 7.91. The largest absolute Gasteiger partial charge is 0.397 e. The lowest BCUT2D eigenvalue weighted by Crippen LogP contribution is -2.12. The first-order valence-electron chi connectivity index (χ1n) is 5.62. The summed E-state index contributed by atoms with van der Waals surface area (Å²) in [5.74, 6) is 0. The van der Waals surface area contributed by atoms with E-state index in [-0.39, 0.29) is 0 Å². The SMILES string of the molecule is CSC(C)CNc1ccc(N)c2ncccc12. The van der Waals surface area contributed by atoms with Crippen molar-refractivity contribution in [3.05, 3.63) is 30.5 Å². The highest BCUT2D eigenvalue weighted by atomic mass is 32.2. The van der Waals surface area contributed by atoms with Crippen LogP contribution in [0.1, 0.15) is 6.92 Å². The molecule has 1 aromatic carbocycles. The molecule has 0 aliphatic rings. The number of hydrogen-bond donors (Lipinski definition) is 2. The van der Waals surface area contributed by atoms with Crippen LogP contribution in [0.3, 0.4) is 0 Å². The van der Waals surface area contributed by atoms with Crippen LogP contribution in [0.15, 0.2) is 30.5 Å². The predicted octanol–water partition coefficient (Wildman–Crippen LogP) is 2.98. The molecule has 0 radical (unpaired) electrons. The van der Waals surface area contributed by atoms with Crippen LogP contribution >= 0.6 is 11.8 Å². The van der Waals surface area contributed by atoms with Gasteiger partial charge in [0.15, 0.2) is 0 Å². The molecule has 17 heavy (non-hydrogen) atoms. The predicted molar refractivity (Wildman–Crippen MR) is 77.6 cm³/mol. The smallest absolute Gasteiger partial charge is 0.0951 e. The van der Waals surface area contributed by atoms with Gasteiger partial charge in [-0.3, -0.25) is 4.98 Å². The number of rotatable bonds is 4. The Morgan fingerprint density at radius 3 is 3.00 bits per heavy atom. The van der Waals surface area contributed by atoms with Crippen LogP contribution in [-0.2, 0) is 0 Å². The first kappa shape index (κ1) is 12.0. The van der Waals surface area contributed by atoms with E-state index in [1.165, 1.54) is 0 Å². The molecular formula is C13H17N3S. The van der Waals surface area contributed by atoms with Crippen molar-refractivity contribution in [2.24, 2.45) is 0 Å². The van der Waals surface area contributed by atoms with E-state index in [9.17, 15) is 0 Å². The molecule has 2 rings (SSSR count). The number of aromatic nitrogens is 1. The number of anilines is 2. The number of nitrogens with one attached hydrogen (secondary N) is 1. The number of benzene rings is 1. The molecule has 0 aliphatic carbocycles. The molecule has 0 saturated carbocycles. The molecule has 0 amide bonds. The lowest BCUT2D eigenvalue weighted by atomic mass is 10.1. The van der Waals surface area contributed by atoms with Gasteiger partial charge in [0, 0.05) is 29.1 Å². The van der Waals surface area contributed by atoms with Crippen molar-refractivity contribution < 1.29 is 0 Å². The maximum Gasteiger partial charge on any atom is 0.0951 e. The van der Waals surface area contributed by atoms with Gasteiger partial charge >= 0.3 is 0 Å². The number of thioether (sulfide) groups is 1. The molecule has 0 saturated heterocycles. The van der Waals surface area contributed by atoms with Crippen LogP contribution in [0, 0.1) is 0 Å². The van der Waals surface area contributed by atoms with Crippen LogP contribution in [0.25, 0.3) is 10.9 Å². The summed E-state index contributed by atoms with van der Waals surface area (Å²) in [5.41, 5.74) is 8.61. The molecule has 0 aliphatic heterocycles. The summed E-state index contributed by atoms with van der Waals surface area (Å²) in [4.78, 5) is 4.32. The Balaban J connectivity index is 2.32. The fraction of sp³-hybridized carbons (Fsp3) is 0.308.